The lowest BCUT2D eigenvalue weighted by Gasteiger charge is -2.05. The van der Waals surface area contributed by atoms with Crippen LogP contribution in [0.25, 0.3) is 0 Å². The highest BCUT2D eigenvalue weighted by Gasteiger charge is 2.17. The van der Waals surface area contributed by atoms with E-state index in [0.29, 0.717) is 24.1 Å². The maximum absolute atomic E-state index is 12.0. The van der Waals surface area contributed by atoms with E-state index in [-0.39, 0.29) is 5.03 Å². The summed E-state index contributed by atoms with van der Waals surface area (Å²) in [4.78, 5) is 14.4. The van der Waals surface area contributed by atoms with Crippen molar-refractivity contribution in [3.8, 4) is 0 Å². The molecular formula is C12H13N3O3S. The fraction of sp³-hybridized carbons (Fsp3) is 0.167. The highest BCUT2D eigenvalue weighted by molar-refractivity contribution is 7.92. The van der Waals surface area contributed by atoms with Gasteiger partial charge < -0.3 is 4.57 Å². The monoisotopic (exact) mass is 279 g/mol. The Kier molecular flexibility index (Phi) is 3.66. The minimum atomic E-state index is -3.69. The molecule has 2 rings (SSSR count). The van der Waals surface area contributed by atoms with Crippen molar-refractivity contribution in [2.75, 3.05) is 4.72 Å². The average Bonchev–Trinajstić information content (AvgIpc) is 2.89. The van der Waals surface area contributed by atoms with E-state index >= 15 is 0 Å². The smallest absolute Gasteiger partial charge is 0.280 e. The summed E-state index contributed by atoms with van der Waals surface area (Å²) < 4.78 is 28.1. The van der Waals surface area contributed by atoms with Gasteiger partial charge in [-0.1, -0.05) is 0 Å². The van der Waals surface area contributed by atoms with Gasteiger partial charge in [-0.15, -0.1) is 0 Å². The van der Waals surface area contributed by atoms with Crippen LogP contribution in [0.5, 0.6) is 0 Å². The zero-order valence-corrected chi connectivity index (χ0v) is 11.1. The van der Waals surface area contributed by atoms with Gasteiger partial charge in [-0.25, -0.2) is 4.98 Å². The van der Waals surface area contributed by atoms with E-state index in [1.165, 1.54) is 36.8 Å². The van der Waals surface area contributed by atoms with Crippen molar-refractivity contribution in [3.05, 3.63) is 42.4 Å². The quantitative estimate of drug-likeness (QED) is 0.841. The first kappa shape index (κ1) is 13.3. The summed E-state index contributed by atoms with van der Waals surface area (Å²) in [5.41, 5.74) is 0.870. The Labute approximate surface area is 111 Å². The third-order valence-electron chi connectivity index (χ3n) is 2.55. The lowest BCUT2D eigenvalue weighted by Crippen LogP contribution is -2.13. The molecule has 0 saturated carbocycles. The molecule has 2 aromatic rings. The van der Waals surface area contributed by atoms with Gasteiger partial charge in [0.05, 0.1) is 6.33 Å². The molecule has 1 aromatic heterocycles. The number of carbonyl (C=O) groups excluding carboxylic acids is 1. The Morgan fingerprint density at radius 1 is 1.32 bits per heavy atom. The van der Waals surface area contributed by atoms with Crippen molar-refractivity contribution in [3.63, 3.8) is 0 Å². The summed E-state index contributed by atoms with van der Waals surface area (Å²) in [6, 6.07) is 6.13. The molecule has 0 atom stereocenters. The normalized spacial score (nSPS) is 11.2. The molecule has 7 heteroatoms. The molecule has 1 N–H and O–H groups in total. The lowest BCUT2D eigenvalue weighted by molar-refractivity contribution is 0.112. The number of hydrogen-bond donors (Lipinski definition) is 1. The molecule has 0 radical (unpaired) electrons. The van der Waals surface area contributed by atoms with Crippen LogP contribution in [0, 0.1) is 0 Å². The van der Waals surface area contributed by atoms with Crippen LogP contribution < -0.4 is 4.72 Å². The van der Waals surface area contributed by atoms with E-state index in [4.69, 9.17) is 0 Å². The summed E-state index contributed by atoms with van der Waals surface area (Å²) in [5.74, 6) is 0. The molecule has 1 heterocycles. The number of imidazole rings is 1. The highest BCUT2D eigenvalue weighted by atomic mass is 32.2. The fourth-order valence-corrected chi connectivity index (χ4v) is 2.50. The molecule has 100 valence electrons. The lowest BCUT2D eigenvalue weighted by atomic mass is 10.2. The largest absolute Gasteiger partial charge is 0.336 e. The van der Waals surface area contributed by atoms with E-state index in [2.05, 4.69) is 9.71 Å². The Morgan fingerprint density at radius 2 is 2.00 bits per heavy atom. The predicted molar refractivity (Wildman–Crippen MR) is 70.5 cm³/mol. The van der Waals surface area contributed by atoms with Crippen LogP contribution in [-0.2, 0) is 16.6 Å². The molecule has 0 unspecified atom stereocenters. The zero-order valence-electron chi connectivity index (χ0n) is 10.3. The van der Waals surface area contributed by atoms with Gasteiger partial charge in [0.15, 0.2) is 5.03 Å². The van der Waals surface area contributed by atoms with Crippen LogP contribution in [-0.4, -0.2) is 24.3 Å². The first-order chi connectivity index (χ1) is 9.05. The molecular weight excluding hydrogens is 266 g/mol. The molecule has 0 aliphatic rings. The van der Waals surface area contributed by atoms with Crippen LogP contribution in [0.15, 0.2) is 41.8 Å². The van der Waals surface area contributed by atoms with Crippen molar-refractivity contribution in [2.45, 2.75) is 18.5 Å². The number of hydrogen-bond acceptors (Lipinski definition) is 4. The first-order valence-corrected chi connectivity index (χ1v) is 7.13. The second-order valence-electron chi connectivity index (χ2n) is 3.89. The van der Waals surface area contributed by atoms with E-state index in [1.807, 2.05) is 6.92 Å². The molecule has 19 heavy (non-hydrogen) atoms. The standard InChI is InChI=1S/C12H13N3O3S/c1-2-15-7-12(13-9-15)19(17,18)14-11-5-3-10(8-16)4-6-11/h3-9,14H,2H2,1H3. The van der Waals surface area contributed by atoms with Gasteiger partial charge in [-0.2, -0.15) is 8.42 Å². The maximum atomic E-state index is 12.0. The second-order valence-corrected chi connectivity index (χ2v) is 5.52. The molecule has 0 bridgehead atoms. The van der Waals surface area contributed by atoms with Gasteiger partial charge in [-0.05, 0) is 31.2 Å². The van der Waals surface area contributed by atoms with Gasteiger partial charge >= 0.3 is 0 Å². The van der Waals surface area contributed by atoms with Gasteiger partial charge in [-0.3, -0.25) is 9.52 Å². The number of rotatable bonds is 5. The van der Waals surface area contributed by atoms with Crippen molar-refractivity contribution in [1.82, 2.24) is 9.55 Å². The Bertz CT molecular complexity index is 675. The van der Waals surface area contributed by atoms with Crippen molar-refractivity contribution < 1.29 is 13.2 Å². The Balaban J connectivity index is 2.22. The van der Waals surface area contributed by atoms with Crippen LogP contribution in [0.4, 0.5) is 5.69 Å². The number of aromatic nitrogens is 2. The van der Waals surface area contributed by atoms with Crippen molar-refractivity contribution >= 4 is 22.0 Å². The Morgan fingerprint density at radius 3 is 2.53 bits per heavy atom. The zero-order chi connectivity index (χ0) is 13.9. The SMILES string of the molecule is CCn1cnc(S(=O)(=O)Nc2ccc(C=O)cc2)c1. The molecule has 1 aromatic carbocycles. The van der Waals surface area contributed by atoms with E-state index in [0.717, 1.165) is 0 Å². The fourth-order valence-electron chi connectivity index (χ4n) is 1.49. The number of sulfonamides is 1. The van der Waals surface area contributed by atoms with Crippen molar-refractivity contribution in [1.29, 1.82) is 0 Å². The molecule has 0 saturated heterocycles. The highest BCUT2D eigenvalue weighted by Crippen LogP contribution is 2.14. The van der Waals surface area contributed by atoms with Crippen LogP contribution in [0.2, 0.25) is 0 Å². The molecule has 0 amide bonds. The minimum absolute atomic E-state index is 0.0335. The topological polar surface area (TPSA) is 81.1 Å². The molecule has 6 nitrogen and oxygen atoms in total. The molecule has 0 fully saturated rings. The minimum Gasteiger partial charge on any atom is -0.336 e. The maximum Gasteiger partial charge on any atom is 0.280 e. The van der Waals surface area contributed by atoms with Gasteiger partial charge in [0.2, 0.25) is 0 Å². The molecule has 0 aliphatic heterocycles. The number of benzene rings is 1. The summed E-state index contributed by atoms with van der Waals surface area (Å²) >= 11 is 0. The van der Waals surface area contributed by atoms with E-state index in [1.54, 1.807) is 4.57 Å². The number of nitrogens with one attached hydrogen (secondary N) is 1. The van der Waals surface area contributed by atoms with Crippen LogP contribution in [0.3, 0.4) is 0 Å². The third-order valence-corrected chi connectivity index (χ3v) is 3.81. The molecule has 0 aliphatic carbocycles. The number of nitrogens with zero attached hydrogens (tertiary/aromatic N) is 2. The van der Waals surface area contributed by atoms with E-state index < -0.39 is 10.0 Å². The Hall–Kier alpha value is -2.15. The average molecular weight is 279 g/mol. The van der Waals surface area contributed by atoms with Gasteiger partial charge in [0, 0.05) is 24.0 Å². The number of aryl methyl sites for hydroxylation is 1. The first-order valence-electron chi connectivity index (χ1n) is 5.65. The summed E-state index contributed by atoms with van der Waals surface area (Å²) in [7, 11) is -3.69. The van der Waals surface area contributed by atoms with E-state index in [9.17, 15) is 13.2 Å². The van der Waals surface area contributed by atoms with Crippen LogP contribution in [0.1, 0.15) is 17.3 Å². The summed E-state index contributed by atoms with van der Waals surface area (Å²) in [5, 5.41) is -0.0335. The summed E-state index contributed by atoms with van der Waals surface area (Å²) in [6.07, 6.45) is 3.62. The second kappa shape index (κ2) is 5.23. The summed E-state index contributed by atoms with van der Waals surface area (Å²) in [6.45, 7) is 2.54. The van der Waals surface area contributed by atoms with Crippen molar-refractivity contribution in [2.24, 2.45) is 0 Å². The van der Waals surface area contributed by atoms with Gasteiger partial charge in [0.25, 0.3) is 10.0 Å². The molecule has 0 spiro atoms. The number of aldehydes is 1. The third kappa shape index (κ3) is 3.00. The predicted octanol–water partition coefficient (Wildman–Crippen LogP) is 1.52. The van der Waals surface area contributed by atoms with Crippen LogP contribution >= 0.6 is 0 Å². The van der Waals surface area contributed by atoms with Gasteiger partial charge in [0.1, 0.15) is 6.29 Å². The number of anilines is 1. The number of carbonyl (C=O) groups is 1.